The van der Waals surface area contributed by atoms with Gasteiger partial charge in [-0.2, -0.15) is 0 Å². The number of amidine groups is 2. The van der Waals surface area contributed by atoms with Gasteiger partial charge in [0, 0.05) is 11.0 Å². The summed E-state index contributed by atoms with van der Waals surface area (Å²) in [6.07, 6.45) is 0. The Labute approximate surface area is 150 Å². The van der Waals surface area contributed by atoms with E-state index in [1.807, 2.05) is 24.3 Å². The maximum atomic E-state index is 5.31. The molecule has 4 nitrogen and oxygen atoms in total. The molecular formula is C19H18BrN3O. The van der Waals surface area contributed by atoms with Crippen molar-refractivity contribution in [2.45, 2.75) is 12.5 Å². The maximum Gasteiger partial charge on any atom is 0.170 e. The van der Waals surface area contributed by atoms with Crippen LogP contribution in [0.15, 0.2) is 63.0 Å². The zero-order valence-electron chi connectivity index (χ0n) is 13.7. The van der Waals surface area contributed by atoms with Gasteiger partial charge in [0.15, 0.2) is 5.54 Å². The van der Waals surface area contributed by atoms with Crippen LogP contribution in [0.4, 0.5) is 0 Å². The Hall–Kier alpha value is -2.14. The van der Waals surface area contributed by atoms with Crippen LogP contribution < -0.4 is 4.74 Å². The first-order chi connectivity index (χ1) is 11.6. The first kappa shape index (κ1) is 15.4. The lowest BCUT2D eigenvalue weighted by Crippen LogP contribution is -2.38. The average molecular weight is 384 g/mol. The molecule has 0 saturated carbocycles. The second-order valence-corrected chi connectivity index (χ2v) is 6.88. The second kappa shape index (κ2) is 5.74. The van der Waals surface area contributed by atoms with Crippen molar-refractivity contribution in [2.75, 3.05) is 20.2 Å². The molecule has 24 heavy (non-hydrogen) atoms. The lowest BCUT2D eigenvalue weighted by molar-refractivity contribution is 0.414. The Morgan fingerprint density at radius 2 is 1.92 bits per heavy atom. The number of ether oxygens (including phenoxy) is 1. The third kappa shape index (κ3) is 2.18. The van der Waals surface area contributed by atoms with E-state index in [1.54, 1.807) is 7.11 Å². The highest BCUT2D eigenvalue weighted by atomic mass is 79.9. The van der Waals surface area contributed by atoms with Crippen LogP contribution >= 0.6 is 15.9 Å². The molecular weight excluding hydrogens is 366 g/mol. The topological polar surface area (TPSA) is 37.2 Å². The molecule has 2 aliphatic rings. The molecule has 2 aliphatic heterocycles. The van der Waals surface area contributed by atoms with Crippen LogP contribution in [0, 0.1) is 0 Å². The largest absolute Gasteiger partial charge is 0.497 e. The summed E-state index contributed by atoms with van der Waals surface area (Å²) in [5.41, 5.74) is 1.63. The number of benzene rings is 2. The van der Waals surface area contributed by atoms with Gasteiger partial charge in [0.05, 0.1) is 13.7 Å². The molecule has 0 N–H and O–H groups in total. The van der Waals surface area contributed by atoms with E-state index in [2.05, 4.69) is 52.0 Å². The second-order valence-electron chi connectivity index (χ2n) is 5.97. The van der Waals surface area contributed by atoms with Crippen molar-refractivity contribution in [3.05, 3.63) is 64.1 Å². The van der Waals surface area contributed by atoms with Gasteiger partial charge in [-0.25, -0.2) is 4.99 Å². The van der Waals surface area contributed by atoms with Crippen LogP contribution in [0.3, 0.4) is 0 Å². The van der Waals surface area contributed by atoms with E-state index >= 15 is 0 Å². The quantitative estimate of drug-likeness (QED) is 0.806. The molecule has 0 radical (unpaired) electrons. The smallest absolute Gasteiger partial charge is 0.170 e. The predicted molar refractivity (Wildman–Crippen MR) is 100 cm³/mol. The summed E-state index contributed by atoms with van der Waals surface area (Å²) in [5, 5.41) is 0. The van der Waals surface area contributed by atoms with Gasteiger partial charge in [0.2, 0.25) is 0 Å². The van der Waals surface area contributed by atoms with Gasteiger partial charge in [-0.3, -0.25) is 4.99 Å². The number of methoxy groups -OCH3 is 1. The summed E-state index contributed by atoms with van der Waals surface area (Å²) in [7, 11) is 1.68. The minimum atomic E-state index is -0.587. The lowest BCUT2D eigenvalue weighted by atomic mass is 9.82. The van der Waals surface area contributed by atoms with E-state index in [4.69, 9.17) is 14.7 Å². The fraction of sp³-hybridized carbons (Fsp3) is 0.263. The highest BCUT2D eigenvalue weighted by Gasteiger charge is 2.49. The highest BCUT2D eigenvalue weighted by Crippen LogP contribution is 2.43. The summed E-state index contributed by atoms with van der Waals surface area (Å²) in [6.45, 7) is 3.77. The van der Waals surface area contributed by atoms with E-state index < -0.39 is 5.54 Å². The third-order valence-corrected chi connectivity index (χ3v) is 5.13. The monoisotopic (exact) mass is 383 g/mol. The molecule has 0 aliphatic carbocycles. The van der Waals surface area contributed by atoms with Gasteiger partial charge in [0.1, 0.15) is 17.4 Å². The summed E-state index contributed by atoms with van der Waals surface area (Å²) in [6, 6.07) is 16.5. The van der Waals surface area contributed by atoms with Crippen LogP contribution in [0.5, 0.6) is 5.75 Å². The van der Waals surface area contributed by atoms with Crippen molar-refractivity contribution in [1.82, 2.24) is 4.90 Å². The van der Waals surface area contributed by atoms with Crippen molar-refractivity contribution in [1.29, 1.82) is 0 Å². The molecule has 5 heteroatoms. The van der Waals surface area contributed by atoms with Crippen LogP contribution in [0.2, 0.25) is 0 Å². The maximum absolute atomic E-state index is 5.31. The number of halogens is 1. The fourth-order valence-electron chi connectivity index (χ4n) is 3.52. The van der Waals surface area contributed by atoms with Crippen LogP contribution in [0.25, 0.3) is 0 Å². The fourth-order valence-corrected chi connectivity index (χ4v) is 3.92. The van der Waals surface area contributed by atoms with Gasteiger partial charge in [-0.05, 0) is 42.3 Å². The molecule has 1 atom stereocenters. The molecule has 0 fully saturated rings. The lowest BCUT2D eigenvalue weighted by Gasteiger charge is -2.29. The molecule has 1 unspecified atom stereocenters. The van der Waals surface area contributed by atoms with E-state index in [0.717, 1.165) is 46.1 Å². The molecule has 2 aromatic rings. The Morgan fingerprint density at radius 3 is 2.62 bits per heavy atom. The first-order valence-corrected chi connectivity index (χ1v) is 8.74. The van der Waals surface area contributed by atoms with Crippen LogP contribution in [0.1, 0.15) is 18.1 Å². The average Bonchev–Trinajstić information content (AvgIpc) is 3.19. The number of hydrogen-bond donors (Lipinski definition) is 0. The van der Waals surface area contributed by atoms with Crippen LogP contribution in [-0.2, 0) is 5.54 Å². The normalized spacial score (nSPS) is 22.2. The van der Waals surface area contributed by atoms with Crippen molar-refractivity contribution < 1.29 is 4.74 Å². The van der Waals surface area contributed by atoms with Crippen molar-refractivity contribution >= 4 is 27.6 Å². The number of nitrogens with zero attached hydrogens (tertiary/aromatic N) is 3. The Bertz CT molecular complexity index is 844. The summed E-state index contributed by atoms with van der Waals surface area (Å²) >= 11 is 3.59. The molecule has 0 amide bonds. The number of aliphatic imine (C=N–C) groups is 2. The Morgan fingerprint density at radius 1 is 1.12 bits per heavy atom. The predicted octanol–water partition coefficient (Wildman–Crippen LogP) is 3.85. The SMILES string of the molecule is COc1ccc(C2(c3cccc(Br)c3)N=C(C)N3CCN=C32)cc1. The van der Waals surface area contributed by atoms with Gasteiger partial charge < -0.3 is 9.64 Å². The molecule has 4 rings (SSSR count). The summed E-state index contributed by atoms with van der Waals surface area (Å²) < 4.78 is 6.35. The molecule has 2 aromatic carbocycles. The zero-order chi connectivity index (χ0) is 16.7. The van der Waals surface area contributed by atoms with Crippen molar-refractivity contribution in [3.63, 3.8) is 0 Å². The van der Waals surface area contributed by atoms with Crippen LogP contribution in [-0.4, -0.2) is 36.8 Å². The molecule has 0 bridgehead atoms. The van der Waals surface area contributed by atoms with Crippen molar-refractivity contribution in [2.24, 2.45) is 9.98 Å². The molecule has 0 spiro atoms. The minimum absolute atomic E-state index is 0.587. The molecule has 2 heterocycles. The number of rotatable bonds is 3. The number of fused-ring (bicyclic) bond motifs is 1. The summed E-state index contributed by atoms with van der Waals surface area (Å²) in [5.74, 6) is 2.87. The first-order valence-electron chi connectivity index (χ1n) is 7.94. The molecule has 122 valence electrons. The van der Waals surface area contributed by atoms with E-state index in [0.29, 0.717) is 0 Å². The van der Waals surface area contributed by atoms with Gasteiger partial charge in [-0.15, -0.1) is 0 Å². The van der Waals surface area contributed by atoms with E-state index in [1.165, 1.54) is 0 Å². The summed E-state index contributed by atoms with van der Waals surface area (Å²) in [4.78, 5) is 12.1. The van der Waals surface area contributed by atoms with Gasteiger partial charge >= 0.3 is 0 Å². The molecule has 0 aromatic heterocycles. The zero-order valence-corrected chi connectivity index (χ0v) is 15.2. The number of hydrogen-bond acceptors (Lipinski definition) is 4. The highest BCUT2D eigenvalue weighted by molar-refractivity contribution is 9.10. The Balaban J connectivity index is 1.96. The third-order valence-electron chi connectivity index (χ3n) is 4.63. The van der Waals surface area contributed by atoms with E-state index in [9.17, 15) is 0 Å². The van der Waals surface area contributed by atoms with Gasteiger partial charge in [0.25, 0.3) is 0 Å². The van der Waals surface area contributed by atoms with Crippen molar-refractivity contribution in [3.8, 4) is 5.75 Å². The Kier molecular flexibility index (Phi) is 3.68. The molecule has 0 saturated heterocycles. The van der Waals surface area contributed by atoms with Gasteiger partial charge in [-0.1, -0.05) is 40.2 Å². The minimum Gasteiger partial charge on any atom is -0.497 e. The van der Waals surface area contributed by atoms with E-state index in [-0.39, 0.29) is 0 Å². The standard InChI is InChI=1S/C19H18BrN3O/c1-13-22-19(18-21-10-11-23(13)18,15-4-3-5-16(20)12-15)14-6-8-17(24-2)9-7-14/h3-9,12H,10-11H2,1-2H3.